The smallest absolute Gasteiger partial charge is 0.239 e. The number of carbonyl (C=O) groups excluding carboxylic acids is 2. The second-order valence-electron chi connectivity index (χ2n) is 4.34. The van der Waals surface area contributed by atoms with Crippen LogP contribution in [-0.2, 0) is 14.3 Å². The van der Waals surface area contributed by atoms with Crippen molar-refractivity contribution in [2.45, 2.75) is 12.5 Å². The van der Waals surface area contributed by atoms with Crippen molar-refractivity contribution in [3.63, 3.8) is 0 Å². The number of primary amides is 1. The van der Waals surface area contributed by atoms with E-state index in [0.717, 1.165) is 25.1 Å². The largest absolute Gasteiger partial charge is 0.381 e. The molecule has 1 atom stereocenters. The van der Waals surface area contributed by atoms with E-state index in [2.05, 4.69) is 5.32 Å². The number of nitrogens with one attached hydrogen (secondary N) is 1. The molecule has 19 heavy (non-hydrogen) atoms. The quantitative estimate of drug-likeness (QED) is 0.765. The van der Waals surface area contributed by atoms with Crippen molar-refractivity contribution in [3.05, 3.63) is 35.9 Å². The Balaban J connectivity index is 0.000000218. The van der Waals surface area contributed by atoms with Gasteiger partial charge in [-0.1, -0.05) is 30.3 Å². The van der Waals surface area contributed by atoms with Crippen LogP contribution in [0.15, 0.2) is 30.3 Å². The number of amides is 1. The molecule has 1 aromatic rings. The van der Waals surface area contributed by atoms with E-state index >= 15 is 0 Å². The minimum atomic E-state index is -0.383. The Morgan fingerprint density at radius 1 is 1.47 bits per heavy atom. The molecule has 3 N–H and O–H groups in total. The molecule has 0 aliphatic carbocycles. The first-order valence-electron chi connectivity index (χ1n) is 6.22. The SMILES string of the molecule is CNC(C(N)=O)c1ccccc1.O=CCC1COC1. The minimum Gasteiger partial charge on any atom is -0.381 e. The molecule has 1 aliphatic rings. The molecule has 0 radical (unpaired) electrons. The van der Waals surface area contributed by atoms with E-state index in [9.17, 15) is 9.59 Å². The van der Waals surface area contributed by atoms with E-state index in [-0.39, 0.29) is 11.9 Å². The summed E-state index contributed by atoms with van der Waals surface area (Å²) >= 11 is 0. The predicted molar refractivity (Wildman–Crippen MR) is 72.4 cm³/mol. The third kappa shape index (κ3) is 5.19. The van der Waals surface area contributed by atoms with Gasteiger partial charge in [-0.25, -0.2) is 0 Å². The van der Waals surface area contributed by atoms with Gasteiger partial charge in [0.05, 0.1) is 13.2 Å². The summed E-state index contributed by atoms with van der Waals surface area (Å²) in [6, 6.07) is 9.01. The zero-order chi connectivity index (χ0) is 14.1. The minimum absolute atomic E-state index is 0.358. The number of ether oxygens (including phenoxy) is 1. The topological polar surface area (TPSA) is 81.4 Å². The maximum absolute atomic E-state index is 10.9. The molecule has 1 aromatic carbocycles. The van der Waals surface area contributed by atoms with Crippen LogP contribution in [0.1, 0.15) is 18.0 Å². The van der Waals surface area contributed by atoms with Crippen molar-refractivity contribution >= 4 is 12.2 Å². The van der Waals surface area contributed by atoms with Gasteiger partial charge < -0.3 is 20.6 Å². The predicted octanol–water partition coefficient (Wildman–Crippen LogP) is 0.654. The lowest BCUT2D eigenvalue weighted by Crippen LogP contribution is -2.31. The fraction of sp³-hybridized carbons (Fsp3) is 0.429. The Kier molecular flexibility index (Phi) is 6.78. The van der Waals surface area contributed by atoms with Gasteiger partial charge in [-0.2, -0.15) is 0 Å². The highest BCUT2D eigenvalue weighted by molar-refractivity contribution is 5.81. The van der Waals surface area contributed by atoms with Gasteiger partial charge in [0, 0.05) is 12.3 Å². The number of likely N-dealkylation sites (N-methyl/N-ethyl adjacent to an activating group) is 1. The van der Waals surface area contributed by atoms with Crippen LogP contribution in [0.4, 0.5) is 0 Å². The van der Waals surface area contributed by atoms with Crippen LogP contribution in [0.3, 0.4) is 0 Å². The summed E-state index contributed by atoms with van der Waals surface area (Å²) in [6.07, 6.45) is 1.63. The Morgan fingerprint density at radius 2 is 2.11 bits per heavy atom. The summed E-state index contributed by atoms with van der Waals surface area (Å²) < 4.78 is 4.83. The summed E-state index contributed by atoms with van der Waals surface area (Å²) in [6.45, 7) is 1.58. The maximum atomic E-state index is 10.9. The third-order valence-electron chi connectivity index (χ3n) is 2.84. The molecule has 0 bridgehead atoms. The summed E-state index contributed by atoms with van der Waals surface area (Å²) in [7, 11) is 1.71. The van der Waals surface area contributed by atoms with Gasteiger partial charge in [-0.15, -0.1) is 0 Å². The van der Waals surface area contributed by atoms with E-state index in [0.29, 0.717) is 12.3 Å². The van der Waals surface area contributed by atoms with Gasteiger partial charge in [-0.05, 0) is 12.6 Å². The molecule has 0 spiro atoms. The number of nitrogens with two attached hydrogens (primary N) is 1. The second kappa shape index (κ2) is 8.39. The molecule has 1 amide bonds. The highest BCUT2D eigenvalue weighted by Gasteiger charge is 2.16. The van der Waals surface area contributed by atoms with Crippen molar-refractivity contribution in [2.75, 3.05) is 20.3 Å². The summed E-state index contributed by atoms with van der Waals surface area (Å²) in [4.78, 5) is 20.6. The normalized spacial score (nSPS) is 15.6. The first-order chi connectivity index (χ1) is 9.19. The molecule has 1 saturated heterocycles. The molecule has 2 rings (SSSR count). The zero-order valence-electron chi connectivity index (χ0n) is 11.0. The second-order valence-corrected chi connectivity index (χ2v) is 4.34. The van der Waals surface area contributed by atoms with Crippen molar-refractivity contribution in [3.8, 4) is 0 Å². The Labute approximate surface area is 113 Å². The lowest BCUT2D eigenvalue weighted by atomic mass is 10.1. The maximum Gasteiger partial charge on any atom is 0.239 e. The van der Waals surface area contributed by atoms with Crippen LogP contribution in [0.25, 0.3) is 0 Å². The van der Waals surface area contributed by atoms with Crippen LogP contribution >= 0.6 is 0 Å². The van der Waals surface area contributed by atoms with Crippen molar-refractivity contribution in [2.24, 2.45) is 11.7 Å². The summed E-state index contributed by atoms with van der Waals surface area (Å²) in [5.74, 6) is 0.182. The van der Waals surface area contributed by atoms with E-state index < -0.39 is 0 Å². The number of hydrogen-bond donors (Lipinski definition) is 2. The molecule has 1 fully saturated rings. The lowest BCUT2D eigenvalue weighted by Gasteiger charge is -2.23. The highest BCUT2D eigenvalue weighted by Crippen LogP contribution is 2.11. The van der Waals surface area contributed by atoms with Gasteiger partial charge in [0.1, 0.15) is 12.3 Å². The van der Waals surface area contributed by atoms with Crippen LogP contribution in [-0.4, -0.2) is 32.5 Å². The van der Waals surface area contributed by atoms with E-state index in [1.54, 1.807) is 7.05 Å². The van der Waals surface area contributed by atoms with E-state index in [1.807, 2.05) is 30.3 Å². The number of aldehydes is 1. The van der Waals surface area contributed by atoms with Gasteiger partial charge in [0.15, 0.2) is 0 Å². The van der Waals surface area contributed by atoms with Gasteiger partial charge >= 0.3 is 0 Å². The Hall–Kier alpha value is -1.72. The Bertz CT molecular complexity index is 391. The first kappa shape index (κ1) is 15.3. The van der Waals surface area contributed by atoms with Crippen molar-refractivity contribution in [1.29, 1.82) is 0 Å². The highest BCUT2D eigenvalue weighted by atomic mass is 16.5. The molecule has 5 heteroatoms. The van der Waals surface area contributed by atoms with Crippen LogP contribution in [0.5, 0.6) is 0 Å². The van der Waals surface area contributed by atoms with Crippen LogP contribution < -0.4 is 11.1 Å². The number of rotatable bonds is 5. The number of hydrogen-bond acceptors (Lipinski definition) is 4. The summed E-state index contributed by atoms with van der Waals surface area (Å²) in [5, 5.41) is 2.84. The summed E-state index contributed by atoms with van der Waals surface area (Å²) in [5.41, 5.74) is 6.07. The third-order valence-corrected chi connectivity index (χ3v) is 2.84. The molecule has 0 aromatic heterocycles. The molecule has 104 valence electrons. The van der Waals surface area contributed by atoms with Gasteiger partial charge in [0.2, 0.25) is 5.91 Å². The first-order valence-corrected chi connectivity index (χ1v) is 6.22. The average Bonchev–Trinajstić information content (AvgIpc) is 2.36. The van der Waals surface area contributed by atoms with E-state index in [4.69, 9.17) is 10.5 Å². The van der Waals surface area contributed by atoms with Crippen LogP contribution in [0, 0.1) is 5.92 Å². The average molecular weight is 264 g/mol. The molecule has 1 aliphatic heterocycles. The number of benzene rings is 1. The zero-order valence-corrected chi connectivity index (χ0v) is 11.0. The molecule has 0 saturated carbocycles. The number of carbonyl (C=O) groups is 2. The van der Waals surface area contributed by atoms with Crippen molar-refractivity contribution in [1.82, 2.24) is 5.32 Å². The fourth-order valence-electron chi connectivity index (χ4n) is 1.68. The monoisotopic (exact) mass is 264 g/mol. The van der Waals surface area contributed by atoms with E-state index in [1.165, 1.54) is 0 Å². The van der Waals surface area contributed by atoms with Crippen LogP contribution in [0.2, 0.25) is 0 Å². The van der Waals surface area contributed by atoms with Gasteiger partial charge in [0.25, 0.3) is 0 Å². The van der Waals surface area contributed by atoms with Crippen molar-refractivity contribution < 1.29 is 14.3 Å². The molecule has 1 heterocycles. The Morgan fingerprint density at radius 3 is 2.42 bits per heavy atom. The molecule has 5 nitrogen and oxygen atoms in total. The lowest BCUT2D eigenvalue weighted by molar-refractivity contribution is -0.120. The molecular weight excluding hydrogens is 244 g/mol. The fourth-order valence-corrected chi connectivity index (χ4v) is 1.68. The molecule has 1 unspecified atom stereocenters. The standard InChI is InChI=1S/C9H12N2O.C5H8O2/c1-11-8(9(10)12)7-5-3-2-4-6-7;6-2-1-5-3-7-4-5/h2-6,8,11H,1H3,(H2,10,12);2,5H,1,3-4H2. The molecular formula is C14H20N2O3. The van der Waals surface area contributed by atoms with Gasteiger partial charge in [-0.3, -0.25) is 4.79 Å².